The third-order valence-electron chi connectivity index (χ3n) is 3.45. The lowest BCUT2D eigenvalue weighted by Crippen LogP contribution is -2.29. The van der Waals surface area contributed by atoms with E-state index in [2.05, 4.69) is 22.1 Å². The number of nitrogens with one attached hydrogen (secondary N) is 2. The zero-order valence-electron chi connectivity index (χ0n) is 12.4. The van der Waals surface area contributed by atoms with E-state index in [4.69, 9.17) is 0 Å². The highest BCUT2D eigenvalue weighted by atomic mass is 32.2. The maximum atomic E-state index is 12.2. The first-order chi connectivity index (χ1) is 10.1. The van der Waals surface area contributed by atoms with E-state index in [-0.39, 0.29) is 4.90 Å². The van der Waals surface area contributed by atoms with Crippen LogP contribution < -0.4 is 10.0 Å². The van der Waals surface area contributed by atoms with Gasteiger partial charge in [0.05, 0.1) is 12.7 Å². The van der Waals surface area contributed by atoms with Gasteiger partial charge in [-0.3, -0.25) is 4.68 Å². The Balaban J connectivity index is 1.83. The highest BCUT2D eigenvalue weighted by Gasteiger charge is 2.21. The Bertz CT molecular complexity index is 524. The van der Waals surface area contributed by atoms with Gasteiger partial charge in [0, 0.05) is 19.3 Å². The molecule has 1 aliphatic rings. The van der Waals surface area contributed by atoms with E-state index >= 15 is 0 Å². The number of aromatic nitrogens is 2. The first kappa shape index (κ1) is 16.8. The van der Waals surface area contributed by atoms with Crippen LogP contribution in [0.25, 0.3) is 0 Å². The van der Waals surface area contributed by atoms with E-state index in [0.717, 1.165) is 37.4 Å². The van der Waals surface area contributed by atoms with Crippen LogP contribution in [0.3, 0.4) is 0 Å². The summed E-state index contributed by atoms with van der Waals surface area (Å²) in [5.41, 5.74) is 0. The number of hydrogen-bond donors (Lipinski definition) is 2. The molecule has 6 nitrogen and oxygen atoms in total. The van der Waals surface area contributed by atoms with Crippen molar-refractivity contribution in [3.63, 3.8) is 0 Å². The molecule has 1 fully saturated rings. The maximum Gasteiger partial charge on any atom is 0.243 e. The summed E-state index contributed by atoms with van der Waals surface area (Å²) in [7, 11) is -3.43. The Morgan fingerprint density at radius 1 is 1.48 bits per heavy atom. The van der Waals surface area contributed by atoms with Crippen LogP contribution in [-0.2, 0) is 16.6 Å². The SMILES string of the molecule is CCCNCCn1cc(S(=O)(=O)NCC2CCSC2)cn1. The van der Waals surface area contributed by atoms with Gasteiger partial charge in [-0.15, -0.1) is 0 Å². The quantitative estimate of drug-likeness (QED) is 0.658. The molecule has 8 heteroatoms. The van der Waals surface area contributed by atoms with Crippen LogP contribution in [0, 0.1) is 5.92 Å². The second kappa shape index (κ2) is 8.17. The van der Waals surface area contributed by atoms with E-state index < -0.39 is 10.0 Å². The molecule has 0 aliphatic carbocycles. The summed E-state index contributed by atoms with van der Waals surface area (Å²) >= 11 is 1.89. The van der Waals surface area contributed by atoms with Crippen molar-refractivity contribution in [1.82, 2.24) is 19.8 Å². The highest BCUT2D eigenvalue weighted by Crippen LogP contribution is 2.23. The molecule has 0 aromatic carbocycles. The van der Waals surface area contributed by atoms with Crippen LogP contribution >= 0.6 is 11.8 Å². The first-order valence-electron chi connectivity index (χ1n) is 7.42. The number of hydrogen-bond acceptors (Lipinski definition) is 5. The van der Waals surface area contributed by atoms with Crippen LogP contribution in [0.15, 0.2) is 17.3 Å². The molecular weight excluding hydrogens is 308 g/mol. The molecule has 0 spiro atoms. The fourth-order valence-electron chi connectivity index (χ4n) is 2.16. The van der Waals surface area contributed by atoms with Gasteiger partial charge < -0.3 is 5.32 Å². The summed E-state index contributed by atoms with van der Waals surface area (Å²) < 4.78 is 28.7. The summed E-state index contributed by atoms with van der Waals surface area (Å²) in [6.07, 6.45) is 5.20. The van der Waals surface area contributed by atoms with Gasteiger partial charge in [0.25, 0.3) is 0 Å². The fraction of sp³-hybridized carbons (Fsp3) is 0.769. The molecule has 2 rings (SSSR count). The third-order valence-corrected chi connectivity index (χ3v) is 6.06. The van der Waals surface area contributed by atoms with Crippen molar-refractivity contribution >= 4 is 21.8 Å². The lowest BCUT2D eigenvalue weighted by Gasteiger charge is -2.09. The van der Waals surface area contributed by atoms with Gasteiger partial charge in [0.2, 0.25) is 10.0 Å². The maximum absolute atomic E-state index is 12.2. The molecule has 0 saturated carbocycles. The van der Waals surface area contributed by atoms with Crippen LogP contribution in [-0.4, -0.2) is 49.3 Å². The molecule has 0 bridgehead atoms. The third kappa shape index (κ3) is 5.28. The van der Waals surface area contributed by atoms with E-state index in [1.807, 2.05) is 11.8 Å². The average molecular weight is 332 g/mol. The van der Waals surface area contributed by atoms with E-state index in [9.17, 15) is 8.42 Å². The Labute approximate surface area is 131 Å². The van der Waals surface area contributed by atoms with Gasteiger partial charge in [-0.2, -0.15) is 16.9 Å². The minimum atomic E-state index is -3.43. The van der Waals surface area contributed by atoms with Gasteiger partial charge >= 0.3 is 0 Å². The number of thioether (sulfide) groups is 1. The lowest BCUT2D eigenvalue weighted by atomic mass is 10.1. The normalized spacial score (nSPS) is 19.2. The van der Waals surface area contributed by atoms with Crippen LogP contribution in [0.1, 0.15) is 19.8 Å². The van der Waals surface area contributed by atoms with Crippen molar-refractivity contribution < 1.29 is 8.42 Å². The minimum Gasteiger partial charge on any atom is -0.315 e. The summed E-state index contributed by atoms with van der Waals surface area (Å²) in [5.74, 6) is 2.64. The van der Waals surface area contributed by atoms with E-state index in [1.165, 1.54) is 6.20 Å². The zero-order valence-corrected chi connectivity index (χ0v) is 14.0. The Kier molecular flexibility index (Phi) is 6.53. The van der Waals surface area contributed by atoms with Crippen molar-refractivity contribution in [2.45, 2.75) is 31.2 Å². The van der Waals surface area contributed by atoms with Crippen molar-refractivity contribution in [2.75, 3.05) is 31.1 Å². The van der Waals surface area contributed by atoms with Gasteiger partial charge in [-0.25, -0.2) is 13.1 Å². The van der Waals surface area contributed by atoms with Crippen LogP contribution in [0.5, 0.6) is 0 Å². The minimum absolute atomic E-state index is 0.253. The smallest absolute Gasteiger partial charge is 0.243 e. The van der Waals surface area contributed by atoms with Crippen molar-refractivity contribution in [2.24, 2.45) is 5.92 Å². The predicted molar refractivity (Wildman–Crippen MR) is 86.0 cm³/mol. The molecule has 1 aliphatic heterocycles. The zero-order chi connectivity index (χ0) is 15.1. The second-order valence-electron chi connectivity index (χ2n) is 5.27. The number of sulfonamides is 1. The molecule has 1 atom stereocenters. The van der Waals surface area contributed by atoms with Crippen molar-refractivity contribution in [3.05, 3.63) is 12.4 Å². The van der Waals surface area contributed by atoms with E-state index in [0.29, 0.717) is 19.0 Å². The fourth-order valence-corrected chi connectivity index (χ4v) is 4.51. The molecule has 0 radical (unpaired) electrons. The molecular formula is C13H24N4O2S2. The van der Waals surface area contributed by atoms with Gasteiger partial charge in [0.1, 0.15) is 4.90 Å². The van der Waals surface area contributed by atoms with Gasteiger partial charge in [0.15, 0.2) is 0 Å². The molecule has 1 saturated heterocycles. The first-order valence-corrected chi connectivity index (χ1v) is 10.1. The molecule has 1 aromatic heterocycles. The van der Waals surface area contributed by atoms with Gasteiger partial charge in [-0.1, -0.05) is 6.92 Å². The second-order valence-corrected chi connectivity index (χ2v) is 8.19. The predicted octanol–water partition coefficient (Wildman–Crippen LogP) is 0.914. The Morgan fingerprint density at radius 2 is 2.33 bits per heavy atom. The number of nitrogens with zero attached hydrogens (tertiary/aromatic N) is 2. The monoisotopic (exact) mass is 332 g/mol. The lowest BCUT2D eigenvalue weighted by molar-refractivity contribution is 0.543. The largest absolute Gasteiger partial charge is 0.315 e. The Morgan fingerprint density at radius 3 is 3.05 bits per heavy atom. The van der Waals surface area contributed by atoms with Crippen LogP contribution in [0.2, 0.25) is 0 Å². The van der Waals surface area contributed by atoms with Gasteiger partial charge in [-0.05, 0) is 36.8 Å². The molecule has 1 aromatic rings. The molecule has 2 heterocycles. The summed E-state index contributed by atoms with van der Waals surface area (Å²) in [5, 5.41) is 7.38. The average Bonchev–Trinajstić information content (AvgIpc) is 3.13. The topological polar surface area (TPSA) is 76.0 Å². The highest BCUT2D eigenvalue weighted by molar-refractivity contribution is 7.99. The summed E-state index contributed by atoms with van der Waals surface area (Å²) in [4.78, 5) is 0.253. The molecule has 1 unspecified atom stereocenters. The standard InChI is InChI=1S/C13H24N4O2S2/c1-2-4-14-5-6-17-10-13(9-15-17)21(18,19)16-8-12-3-7-20-11-12/h9-10,12,14,16H,2-8,11H2,1H3. The molecule has 2 N–H and O–H groups in total. The molecule has 21 heavy (non-hydrogen) atoms. The van der Waals surface area contributed by atoms with E-state index in [1.54, 1.807) is 10.9 Å². The van der Waals surface area contributed by atoms with Crippen molar-refractivity contribution in [1.29, 1.82) is 0 Å². The van der Waals surface area contributed by atoms with Crippen molar-refractivity contribution in [3.8, 4) is 0 Å². The summed E-state index contributed by atoms with van der Waals surface area (Å²) in [6.45, 7) is 5.07. The Hall–Kier alpha value is -0.570. The number of rotatable bonds is 9. The molecule has 0 amide bonds. The molecule has 120 valence electrons. The van der Waals surface area contributed by atoms with Crippen LogP contribution in [0.4, 0.5) is 0 Å². The summed E-state index contributed by atoms with van der Waals surface area (Å²) in [6, 6.07) is 0.